The third-order valence-electron chi connectivity index (χ3n) is 4.29. The zero-order chi connectivity index (χ0) is 12.6. The van der Waals surface area contributed by atoms with Crippen LogP contribution in [0.2, 0.25) is 0 Å². The molecule has 0 unspecified atom stereocenters. The maximum atomic E-state index is 3.42. The van der Waals surface area contributed by atoms with Gasteiger partial charge in [-0.1, -0.05) is 32.0 Å². The van der Waals surface area contributed by atoms with Crippen molar-refractivity contribution >= 4 is 0 Å². The van der Waals surface area contributed by atoms with Crippen molar-refractivity contribution in [1.29, 1.82) is 0 Å². The molecule has 0 atom stereocenters. The number of likely N-dealkylation sites (tertiary alicyclic amines) is 1. The molecule has 0 bridgehead atoms. The zero-order valence-electron chi connectivity index (χ0n) is 11.6. The lowest BCUT2D eigenvalue weighted by Crippen LogP contribution is -2.39. The zero-order valence-corrected chi connectivity index (χ0v) is 11.6. The molecule has 2 aliphatic heterocycles. The van der Waals surface area contributed by atoms with Crippen molar-refractivity contribution in [3.63, 3.8) is 0 Å². The van der Waals surface area contributed by atoms with Crippen molar-refractivity contribution in [2.24, 2.45) is 5.41 Å². The number of piperidine rings is 1. The summed E-state index contributed by atoms with van der Waals surface area (Å²) in [4.78, 5) is 2.62. The number of fused-ring (bicyclic) bond motifs is 1. The van der Waals surface area contributed by atoms with Crippen LogP contribution in [0.15, 0.2) is 18.2 Å². The van der Waals surface area contributed by atoms with Crippen molar-refractivity contribution in [2.45, 2.75) is 46.3 Å². The lowest BCUT2D eigenvalue weighted by atomic mass is 9.84. The van der Waals surface area contributed by atoms with Crippen LogP contribution in [0.5, 0.6) is 0 Å². The van der Waals surface area contributed by atoms with E-state index < -0.39 is 0 Å². The van der Waals surface area contributed by atoms with E-state index in [0.717, 1.165) is 19.6 Å². The van der Waals surface area contributed by atoms with Gasteiger partial charge >= 0.3 is 0 Å². The SMILES string of the molecule is CC1(C)CCCN(Cc2ccc3c(c2)CNC3)C1. The molecular weight excluding hydrogens is 220 g/mol. The topological polar surface area (TPSA) is 15.3 Å². The van der Waals surface area contributed by atoms with Crippen molar-refractivity contribution in [3.05, 3.63) is 34.9 Å². The van der Waals surface area contributed by atoms with Gasteiger partial charge in [0.15, 0.2) is 0 Å². The molecule has 98 valence electrons. The van der Waals surface area contributed by atoms with Gasteiger partial charge in [-0.25, -0.2) is 0 Å². The number of rotatable bonds is 2. The first kappa shape index (κ1) is 12.2. The number of hydrogen-bond acceptors (Lipinski definition) is 2. The van der Waals surface area contributed by atoms with Crippen LogP contribution in [0.25, 0.3) is 0 Å². The molecule has 1 aromatic rings. The fourth-order valence-corrected chi connectivity index (χ4v) is 3.38. The molecule has 1 aromatic carbocycles. The molecule has 0 radical (unpaired) electrons. The Morgan fingerprint density at radius 1 is 1.22 bits per heavy atom. The van der Waals surface area contributed by atoms with Gasteiger partial charge in [-0.2, -0.15) is 0 Å². The minimum absolute atomic E-state index is 0.497. The van der Waals surface area contributed by atoms with Gasteiger partial charge in [0.25, 0.3) is 0 Å². The van der Waals surface area contributed by atoms with Crippen LogP contribution in [0.1, 0.15) is 43.4 Å². The second kappa shape index (κ2) is 4.67. The first-order chi connectivity index (χ1) is 8.62. The highest BCUT2D eigenvalue weighted by Gasteiger charge is 2.26. The molecule has 2 aliphatic rings. The van der Waals surface area contributed by atoms with Crippen molar-refractivity contribution < 1.29 is 0 Å². The van der Waals surface area contributed by atoms with Crippen LogP contribution < -0.4 is 5.32 Å². The summed E-state index contributed by atoms with van der Waals surface area (Å²) in [5.41, 5.74) is 4.97. The molecule has 2 heterocycles. The van der Waals surface area contributed by atoms with Gasteiger partial charge in [-0.3, -0.25) is 4.90 Å². The monoisotopic (exact) mass is 244 g/mol. The number of hydrogen-bond donors (Lipinski definition) is 1. The highest BCUT2D eigenvalue weighted by Crippen LogP contribution is 2.29. The molecule has 2 heteroatoms. The van der Waals surface area contributed by atoms with Crippen LogP contribution in [-0.2, 0) is 19.6 Å². The molecule has 2 nitrogen and oxygen atoms in total. The molecule has 0 spiro atoms. The Kier molecular flexibility index (Phi) is 3.16. The summed E-state index contributed by atoms with van der Waals surface area (Å²) in [7, 11) is 0. The largest absolute Gasteiger partial charge is 0.309 e. The summed E-state index contributed by atoms with van der Waals surface area (Å²) >= 11 is 0. The fraction of sp³-hybridized carbons (Fsp3) is 0.625. The number of nitrogens with zero attached hydrogens (tertiary/aromatic N) is 1. The molecule has 0 saturated carbocycles. The van der Waals surface area contributed by atoms with Gasteiger partial charge in [0.1, 0.15) is 0 Å². The van der Waals surface area contributed by atoms with Crippen LogP contribution in [0.3, 0.4) is 0 Å². The maximum Gasteiger partial charge on any atom is 0.0234 e. The fourth-order valence-electron chi connectivity index (χ4n) is 3.38. The molecule has 18 heavy (non-hydrogen) atoms. The van der Waals surface area contributed by atoms with Crippen LogP contribution >= 0.6 is 0 Å². The minimum atomic E-state index is 0.497. The molecule has 3 rings (SSSR count). The highest BCUT2D eigenvalue weighted by molar-refractivity contribution is 5.34. The van der Waals surface area contributed by atoms with E-state index >= 15 is 0 Å². The lowest BCUT2D eigenvalue weighted by molar-refractivity contribution is 0.111. The van der Waals surface area contributed by atoms with Gasteiger partial charge in [0.2, 0.25) is 0 Å². The minimum Gasteiger partial charge on any atom is -0.309 e. The Hall–Kier alpha value is -0.860. The first-order valence-corrected chi connectivity index (χ1v) is 7.16. The molecule has 0 amide bonds. The Labute approximate surface area is 110 Å². The van der Waals surface area contributed by atoms with Gasteiger partial charge in [0, 0.05) is 26.2 Å². The van der Waals surface area contributed by atoms with Gasteiger partial charge < -0.3 is 5.32 Å². The molecule has 1 saturated heterocycles. The van der Waals surface area contributed by atoms with E-state index in [4.69, 9.17) is 0 Å². The molecular formula is C16H24N2. The Bertz CT molecular complexity index is 437. The quantitative estimate of drug-likeness (QED) is 0.860. The van der Waals surface area contributed by atoms with Crippen molar-refractivity contribution in [1.82, 2.24) is 10.2 Å². The second-order valence-corrected chi connectivity index (χ2v) is 6.69. The van der Waals surface area contributed by atoms with E-state index in [-0.39, 0.29) is 0 Å². The van der Waals surface area contributed by atoms with E-state index in [1.165, 1.54) is 42.6 Å². The Morgan fingerprint density at radius 3 is 2.89 bits per heavy atom. The van der Waals surface area contributed by atoms with Crippen LogP contribution in [-0.4, -0.2) is 18.0 Å². The van der Waals surface area contributed by atoms with Crippen LogP contribution in [0.4, 0.5) is 0 Å². The first-order valence-electron chi connectivity index (χ1n) is 7.16. The van der Waals surface area contributed by atoms with E-state index in [0.29, 0.717) is 5.41 Å². The van der Waals surface area contributed by atoms with E-state index in [9.17, 15) is 0 Å². The van der Waals surface area contributed by atoms with E-state index in [1.807, 2.05) is 0 Å². The summed E-state index contributed by atoms with van der Waals surface area (Å²) in [5, 5.41) is 3.42. The highest BCUT2D eigenvalue weighted by atomic mass is 15.1. The lowest BCUT2D eigenvalue weighted by Gasteiger charge is -2.38. The standard InChI is InChI=1S/C16H24N2/c1-16(2)6-3-7-18(12-16)11-13-4-5-14-9-17-10-15(14)8-13/h4-5,8,17H,3,6-7,9-12H2,1-2H3. The van der Waals surface area contributed by atoms with Gasteiger partial charge in [-0.05, 0) is 41.5 Å². The average Bonchev–Trinajstić information content (AvgIpc) is 2.74. The third-order valence-corrected chi connectivity index (χ3v) is 4.29. The average molecular weight is 244 g/mol. The van der Waals surface area contributed by atoms with Gasteiger partial charge in [0.05, 0.1) is 0 Å². The third kappa shape index (κ3) is 2.60. The smallest absolute Gasteiger partial charge is 0.0234 e. The predicted molar refractivity (Wildman–Crippen MR) is 75.3 cm³/mol. The Morgan fingerprint density at radius 2 is 2.06 bits per heavy atom. The maximum absolute atomic E-state index is 3.42. The summed E-state index contributed by atoms with van der Waals surface area (Å²) in [5.74, 6) is 0. The van der Waals surface area contributed by atoms with Gasteiger partial charge in [-0.15, -0.1) is 0 Å². The second-order valence-electron chi connectivity index (χ2n) is 6.69. The summed E-state index contributed by atoms with van der Waals surface area (Å²) in [6.07, 6.45) is 2.72. The molecule has 1 N–H and O–H groups in total. The number of benzene rings is 1. The van der Waals surface area contributed by atoms with Crippen molar-refractivity contribution in [2.75, 3.05) is 13.1 Å². The van der Waals surface area contributed by atoms with Crippen molar-refractivity contribution in [3.8, 4) is 0 Å². The predicted octanol–water partition coefficient (Wildman–Crippen LogP) is 2.91. The molecule has 0 aliphatic carbocycles. The van der Waals surface area contributed by atoms with E-state index in [2.05, 4.69) is 42.3 Å². The van der Waals surface area contributed by atoms with E-state index in [1.54, 1.807) is 0 Å². The molecule has 0 aromatic heterocycles. The molecule has 1 fully saturated rings. The summed E-state index contributed by atoms with van der Waals surface area (Å²) in [6.45, 7) is 10.5. The van der Waals surface area contributed by atoms with Crippen LogP contribution in [0, 0.1) is 5.41 Å². The summed E-state index contributed by atoms with van der Waals surface area (Å²) in [6, 6.07) is 7.02. The number of nitrogens with one attached hydrogen (secondary N) is 1. The Balaban J connectivity index is 1.69. The normalized spacial score (nSPS) is 23.0. The summed E-state index contributed by atoms with van der Waals surface area (Å²) < 4.78 is 0.